The van der Waals surface area contributed by atoms with Crippen LogP contribution in [0.3, 0.4) is 0 Å². The second-order valence-corrected chi connectivity index (χ2v) is 9.20. The fraction of sp³-hybridized carbons (Fsp3) is 0.765. The molecule has 0 radical (unpaired) electrons. The molecule has 2 aliphatic heterocycles. The molecule has 0 aromatic rings. The van der Waals surface area contributed by atoms with Crippen LogP contribution in [-0.4, -0.2) is 57.2 Å². The van der Waals surface area contributed by atoms with Crippen molar-refractivity contribution in [3.8, 4) is 0 Å². The van der Waals surface area contributed by atoms with Crippen LogP contribution >= 0.6 is 11.8 Å². The first-order valence-corrected chi connectivity index (χ1v) is 9.87. The van der Waals surface area contributed by atoms with E-state index in [4.69, 9.17) is 4.84 Å². The molecule has 3 atom stereocenters. The van der Waals surface area contributed by atoms with Crippen LogP contribution in [0.15, 0.2) is 5.16 Å². The van der Waals surface area contributed by atoms with E-state index >= 15 is 0 Å². The van der Waals surface area contributed by atoms with Crippen LogP contribution in [0.5, 0.6) is 0 Å². The number of rotatable bonds is 6. The van der Waals surface area contributed by atoms with Gasteiger partial charge in [-0.15, -0.1) is 11.8 Å². The molecule has 2 saturated heterocycles. The number of hydrogen-bond donors (Lipinski definition) is 1. The number of aliphatic carboxylic acids is 1. The van der Waals surface area contributed by atoms with Crippen LogP contribution in [0.1, 0.15) is 52.4 Å². The van der Waals surface area contributed by atoms with Gasteiger partial charge in [0.25, 0.3) is 0 Å². The number of amides is 2. The Bertz CT molecular complexity index is 634. The number of hydrogen-bond acceptors (Lipinski definition) is 7. The Hall–Kier alpha value is -0.134. The van der Waals surface area contributed by atoms with Crippen LogP contribution in [0.2, 0.25) is 0 Å². The largest absolute Gasteiger partial charge is 1.00 e. The number of carbonyl (C=O) groups is 3. The third kappa shape index (κ3) is 5.08. The van der Waals surface area contributed by atoms with Crippen LogP contribution in [0.25, 0.3) is 0 Å². The van der Waals surface area contributed by atoms with Crippen molar-refractivity contribution in [2.45, 2.75) is 74.6 Å². The molecule has 1 N–H and O–H groups in total. The molecule has 1 saturated carbocycles. The molecule has 144 valence electrons. The topological polar surface area (TPSA) is 111 Å². The van der Waals surface area contributed by atoms with Gasteiger partial charge in [0.2, 0.25) is 11.8 Å². The molecule has 3 fully saturated rings. The Labute approximate surface area is 205 Å². The van der Waals surface area contributed by atoms with E-state index in [0.717, 1.165) is 31.4 Å². The van der Waals surface area contributed by atoms with Crippen molar-refractivity contribution < 1.29 is 75.7 Å². The number of carbonyl (C=O) groups excluding carboxylic acids is 3. The summed E-state index contributed by atoms with van der Waals surface area (Å²) in [5, 5.41) is 17.7. The van der Waals surface area contributed by atoms with Crippen molar-refractivity contribution in [2.24, 2.45) is 5.16 Å². The summed E-state index contributed by atoms with van der Waals surface area (Å²) in [5.74, 6) is -1.94. The second kappa shape index (κ2) is 9.58. The number of carboxylic acids is 1. The second-order valence-electron chi connectivity index (χ2n) is 7.43. The molecule has 0 aromatic carbocycles. The van der Waals surface area contributed by atoms with E-state index in [1.54, 1.807) is 13.8 Å². The maximum absolute atomic E-state index is 12.3. The molecule has 2 amide bonds. The van der Waals surface area contributed by atoms with E-state index in [9.17, 15) is 19.5 Å². The first-order valence-electron chi connectivity index (χ1n) is 8.99. The van der Waals surface area contributed by atoms with Gasteiger partial charge in [-0.25, -0.2) is 0 Å². The fourth-order valence-corrected chi connectivity index (χ4v) is 5.32. The zero-order valence-electron chi connectivity index (χ0n) is 16.0. The van der Waals surface area contributed by atoms with Crippen molar-refractivity contribution in [2.75, 3.05) is 6.61 Å². The average molecular weight is 422 g/mol. The van der Waals surface area contributed by atoms with Crippen LogP contribution < -0.4 is 61.8 Å². The van der Waals surface area contributed by atoms with E-state index in [1.807, 2.05) is 0 Å². The summed E-state index contributed by atoms with van der Waals surface area (Å²) in [6.45, 7) is 3.69. The average Bonchev–Trinajstić information content (AvgIpc) is 2.86. The first-order chi connectivity index (χ1) is 12.3. The number of nitrogens with zero attached hydrogens (tertiary/aromatic N) is 2. The zero-order valence-corrected chi connectivity index (χ0v) is 20.0. The molecule has 8 nitrogen and oxygen atoms in total. The summed E-state index contributed by atoms with van der Waals surface area (Å²) < 4.78 is -0.655. The van der Waals surface area contributed by atoms with Crippen LogP contribution in [0.4, 0.5) is 0 Å². The Kier molecular flexibility index (Phi) is 8.21. The van der Waals surface area contributed by atoms with Gasteiger partial charge in [0.15, 0.2) is 0 Å². The summed E-state index contributed by atoms with van der Waals surface area (Å²) in [7, 11) is 0. The Morgan fingerprint density at radius 1 is 1.33 bits per heavy atom. The van der Waals surface area contributed by atoms with Gasteiger partial charge in [0.1, 0.15) is 18.0 Å². The molecular weight excluding hydrogens is 397 g/mol. The van der Waals surface area contributed by atoms with Gasteiger partial charge in [0, 0.05) is 4.75 Å². The Morgan fingerprint density at radius 3 is 2.63 bits per heavy atom. The van der Waals surface area contributed by atoms with Crippen molar-refractivity contribution in [3.05, 3.63) is 0 Å². The third-order valence-electron chi connectivity index (χ3n) is 5.03. The van der Waals surface area contributed by atoms with Crippen LogP contribution in [0, 0.1) is 0 Å². The number of β-lactam (4-membered cyclic amide) rings is 1. The number of carboxylic acid groups (broad SMARTS) is 1. The minimum Gasteiger partial charge on any atom is -0.548 e. The molecule has 0 bridgehead atoms. The van der Waals surface area contributed by atoms with Gasteiger partial charge >= 0.3 is 51.4 Å². The van der Waals surface area contributed by atoms with Crippen molar-refractivity contribution in [1.82, 2.24) is 10.2 Å². The SMILES string of the molecule is CC1(C)SC2C(NC(=O)CCON=C3CCCCC3)C(=O)N2[C@H]1C(=O)[O-].[K+]. The van der Waals surface area contributed by atoms with Gasteiger partial charge in [-0.05, 0) is 39.5 Å². The van der Waals surface area contributed by atoms with Gasteiger partial charge in [0.05, 0.1) is 24.1 Å². The van der Waals surface area contributed by atoms with E-state index in [1.165, 1.54) is 23.1 Å². The summed E-state index contributed by atoms with van der Waals surface area (Å²) in [6, 6.07) is -1.67. The van der Waals surface area contributed by atoms with Crippen molar-refractivity contribution in [1.29, 1.82) is 0 Å². The molecule has 3 rings (SSSR count). The van der Waals surface area contributed by atoms with Crippen molar-refractivity contribution in [3.63, 3.8) is 0 Å². The molecule has 10 heteroatoms. The van der Waals surface area contributed by atoms with E-state index in [2.05, 4.69) is 10.5 Å². The van der Waals surface area contributed by atoms with Gasteiger partial charge in [-0.1, -0.05) is 11.6 Å². The number of nitrogens with one attached hydrogen (secondary N) is 1. The molecule has 3 aliphatic rings. The Balaban J connectivity index is 0.00000261. The normalized spacial score (nSPS) is 28.5. The van der Waals surface area contributed by atoms with Gasteiger partial charge in [-0.2, -0.15) is 0 Å². The minimum absolute atomic E-state index is 0. The van der Waals surface area contributed by atoms with Crippen LogP contribution in [-0.2, 0) is 19.2 Å². The van der Waals surface area contributed by atoms with Gasteiger partial charge in [-0.3, -0.25) is 9.59 Å². The molecular formula is C17H24KN3O5S. The number of thioether (sulfide) groups is 1. The number of fused-ring (bicyclic) bond motifs is 1. The standard InChI is InChI=1S/C17H25N3O5S.K/c1-17(2)13(16(23)24)20-14(22)12(15(20)26-17)18-11(21)8-9-25-19-10-6-4-3-5-7-10;/h12-13,15H,3-9H2,1-2H3,(H,18,21)(H,23,24);/q;+1/p-1/t12?,13-,15?;/m0./s1. The monoisotopic (exact) mass is 421 g/mol. The fourth-order valence-electron chi connectivity index (χ4n) is 3.70. The zero-order chi connectivity index (χ0) is 18.9. The first kappa shape index (κ1) is 23.1. The van der Waals surface area contributed by atoms with Gasteiger partial charge < -0.3 is 25.0 Å². The summed E-state index contributed by atoms with van der Waals surface area (Å²) in [6.07, 6.45) is 5.49. The molecule has 27 heavy (non-hydrogen) atoms. The summed E-state index contributed by atoms with van der Waals surface area (Å²) in [4.78, 5) is 42.2. The third-order valence-corrected chi connectivity index (χ3v) is 6.60. The smallest absolute Gasteiger partial charge is 0.548 e. The Morgan fingerprint density at radius 2 is 2.00 bits per heavy atom. The van der Waals surface area contributed by atoms with E-state index < -0.39 is 22.8 Å². The summed E-state index contributed by atoms with van der Waals surface area (Å²) >= 11 is 1.37. The molecule has 1 aliphatic carbocycles. The predicted molar refractivity (Wildman–Crippen MR) is 94.1 cm³/mol. The predicted octanol–water partition coefficient (Wildman–Crippen LogP) is -2.99. The quantitative estimate of drug-likeness (QED) is 0.212. The van der Waals surface area contributed by atoms with E-state index in [0.29, 0.717) is 0 Å². The number of oxime groups is 1. The minimum atomic E-state index is -1.27. The molecule has 2 unspecified atom stereocenters. The summed E-state index contributed by atoms with van der Waals surface area (Å²) in [5.41, 5.74) is 1.04. The molecule has 0 aromatic heterocycles. The molecule has 0 spiro atoms. The van der Waals surface area contributed by atoms with E-state index in [-0.39, 0.29) is 81.6 Å². The van der Waals surface area contributed by atoms with Crippen molar-refractivity contribution >= 4 is 35.3 Å². The molecule has 2 heterocycles. The maximum atomic E-state index is 12.3. The maximum Gasteiger partial charge on any atom is 1.00 e.